The molecule has 0 aromatic carbocycles. The Morgan fingerprint density at radius 1 is 1.17 bits per heavy atom. The number of fused-ring (bicyclic) bond motifs is 2. The lowest BCUT2D eigenvalue weighted by Gasteiger charge is -2.36. The van der Waals surface area contributed by atoms with Crippen molar-refractivity contribution in [1.29, 1.82) is 0 Å². The van der Waals surface area contributed by atoms with Crippen molar-refractivity contribution in [3.63, 3.8) is 0 Å². The highest BCUT2D eigenvalue weighted by molar-refractivity contribution is 5.95. The fourth-order valence-electron chi connectivity index (χ4n) is 3.37. The SMILES string of the molecule is CCCNC(=O)NC(=O)COC(=O)C1C[C@@H]2CCC[C@@H](C1)C2=O. The molecule has 2 rings (SSSR count). The Morgan fingerprint density at radius 2 is 1.83 bits per heavy atom. The van der Waals surface area contributed by atoms with Crippen LogP contribution in [0.5, 0.6) is 0 Å². The molecule has 3 amide bonds. The first kappa shape index (κ1) is 17.4. The Labute approximate surface area is 135 Å². The molecule has 0 radical (unpaired) electrons. The summed E-state index contributed by atoms with van der Waals surface area (Å²) in [5, 5.41) is 4.60. The first-order chi connectivity index (χ1) is 11.0. The predicted octanol–water partition coefficient (Wildman–Crippen LogP) is 1.16. The summed E-state index contributed by atoms with van der Waals surface area (Å²) in [7, 11) is 0. The van der Waals surface area contributed by atoms with E-state index in [-0.39, 0.29) is 23.5 Å². The van der Waals surface area contributed by atoms with Gasteiger partial charge in [0.1, 0.15) is 5.78 Å². The summed E-state index contributed by atoms with van der Waals surface area (Å²) < 4.78 is 5.01. The quantitative estimate of drug-likeness (QED) is 0.739. The largest absolute Gasteiger partial charge is 0.455 e. The first-order valence-electron chi connectivity index (χ1n) is 8.29. The van der Waals surface area contributed by atoms with Gasteiger partial charge in [-0.25, -0.2) is 4.79 Å². The number of imide groups is 1. The van der Waals surface area contributed by atoms with E-state index < -0.39 is 24.5 Å². The Balaban J connectivity index is 1.73. The van der Waals surface area contributed by atoms with Crippen molar-refractivity contribution < 1.29 is 23.9 Å². The molecule has 2 bridgehead atoms. The zero-order valence-electron chi connectivity index (χ0n) is 13.4. The molecule has 2 aliphatic rings. The maximum Gasteiger partial charge on any atom is 0.321 e. The van der Waals surface area contributed by atoms with Crippen LogP contribution in [0, 0.1) is 17.8 Å². The number of hydrogen-bond donors (Lipinski definition) is 2. The minimum atomic E-state index is -0.654. The number of esters is 1. The van der Waals surface area contributed by atoms with Crippen molar-refractivity contribution in [3.8, 4) is 0 Å². The third-order valence-electron chi connectivity index (χ3n) is 4.52. The number of carbonyl (C=O) groups is 4. The topological polar surface area (TPSA) is 102 Å². The summed E-state index contributed by atoms with van der Waals surface area (Å²) in [6.45, 7) is 1.89. The van der Waals surface area contributed by atoms with Crippen LogP contribution in [0.3, 0.4) is 0 Å². The van der Waals surface area contributed by atoms with Gasteiger partial charge in [-0.15, -0.1) is 0 Å². The Hall–Kier alpha value is -1.92. The van der Waals surface area contributed by atoms with E-state index in [0.29, 0.717) is 19.4 Å². The lowest BCUT2D eigenvalue weighted by atomic mass is 9.67. The Kier molecular flexibility index (Phi) is 6.12. The van der Waals surface area contributed by atoms with Gasteiger partial charge in [-0.05, 0) is 32.1 Å². The van der Waals surface area contributed by atoms with Gasteiger partial charge in [0.05, 0.1) is 5.92 Å². The molecule has 2 fully saturated rings. The predicted molar refractivity (Wildman–Crippen MR) is 81.4 cm³/mol. The van der Waals surface area contributed by atoms with Gasteiger partial charge in [0.25, 0.3) is 5.91 Å². The van der Waals surface area contributed by atoms with Gasteiger partial charge < -0.3 is 10.1 Å². The van der Waals surface area contributed by atoms with Gasteiger partial charge in [0.2, 0.25) is 0 Å². The number of rotatable bonds is 5. The van der Waals surface area contributed by atoms with E-state index in [1.807, 2.05) is 6.92 Å². The van der Waals surface area contributed by atoms with Crippen LogP contribution in [0.1, 0.15) is 45.4 Å². The average Bonchev–Trinajstić information content (AvgIpc) is 2.50. The molecule has 0 aliphatic heterocycles. The maximum atomic E-state index is 12.1. The molecule has 2 saturated carbocycles. The van der Waals surface area contributed by atoms with Crippen molar-refractivity contribution in [2.75, 3.05) is 13.2 Å². The van der Waals surface area contributed by atoms with Gasteiger partial charge in [-0.1, -0.05) is 13.3 Å². The number of ether oxygens (including phenoxy) is 1. The molecular weight excluding hydrogens is 300 g/mol. The number of ketones is 1. The van der Waals surface area contributed by atoms with Gasteiger partial charge in [0, 0.05) is 18.4 Å². The highest BCUT2D eigenvalue weighted by atomic mass is 16.5. The van der Waals surface area contributed by atoms with Crippen molar-refractivity contribution in [2.45, 2.75) is 45.4 Å². The number of urea groups is 1. The maximum absolute atomic E-state index is 12.1. The number of nitrogens with one attached hydrogen (secondary N) is 2. The van der Waals surface area contributed by atoms with E-state index >= 15 is 0 Å². The lowest BCUT2D eigenvalue weighted by Crippen LogP contribution is -2.43. The summed E-state index contributed by atoms with van der Waals surface area (Å²) in [5.41, 5.74) is 0. The molecule has 7 heteroatoms. The summed E-state index contributed by atoms with van der Waals surface area (Å²) in [5.74, 6) is -1.20. The van der Waals surface area contributed by atoms with Crippen LogP contribution in [-0.2, 0) is 19.1 Å². The van der Waals surface area contributed by atoms with E-state index in [9.17, 15) is 19.2 Å². The second kappa shape index (κ2) is 8.08. The second-order valence-electron chi connectivity index (χ2n) is 6.31. The second-order valence-corrected chi connectivity index (χ2v) is 6.31. The fraction of sp³-hybridized carbons (Fsp3) is 0.750. The standard InChI is InChI=1S/C16H24N2O5/c1-2-6-17-16(22)18-13(19)9-23-15(21)12-7-10-4-3-5-11(8-12)14(10)20/h10-12H,2-9H2,1H3,(H2,17,18,19,22)/t10-,11-/m0/s1. The van der Waals surface area contributed by atoms with Crippen LogP contribution in [0.2, 0.25) is 0 Å². The molecule has 23 heavy (non-hydrogen) atoms. The van der Waals surface area contributed by atoms with Crippen LogP contribution in [0.15, 0.2) is 0 Å². The van der Waals surface area contributed by atoms with Crippen LogP contribution in [0.4, 0.5) is 4.79 Å². The molecule has 0 unspecified atom stereocenters. The monoisotopic (exact) mass is 324 g/mol. The van der Waals surface area contributed by atoms with E-state index in [4.69, 9.17) is 4.74 Å². The molecule has 7 nitrogen and oxygen atoms in total. The van der Waals surface area contributed by atoms with Gasteiger partial charge in [0.15, 0.2) is 6.61 Å². The van der Waals surface area contributed by atoms with Gasteiger partial charge >= 0.3 is 12.0 Å². The van der Waals surface area contributed by atoms with E-state index in [2.05, 4.69) is 10.6 Å². The fourth-order valence-corrected chi connectivity index (χ4v) is 3.37. The van der Waals surface area contributed by atoms with Gasteiger partial charge in [-0.3, -0.25) is 19.7 Å². The number of Topliss-reactive ketones (excluding diaryl/α,β-unsaturated/α-hetero) is 1. The summed E-state index contributed by atoms with van der Waals surface area (Å²) >= 11 is 0. The molecule has 0 heterocycles. The van der Waals surface area contributed by atoms with Crippen LogP contribution in [-0.4, -0.2) is 36.8 Å². The lowest BCUT2D eigenvalue weighted by molar-refractivity contribution is -0.156. The summed E-state index contributed by atoms with van der Waals surface area (Å²) in [4.78, 5) is 46.9. The average molecular weight is 324 g/mol. The first-order valence-corrected chi connectivity index (χ1v) is 8.29. The molecule has 128 valence electrons. The highest BCUT2D eigenvalue weighted by Crippen LogP contribution is 2.40. The molecule has 2 atom stereocenters. The number of carbonyl (C=O) groups excluding carboxylic acids is 4. The van der Waals surface area contributed by atoms with Crippen molar-refractivity contribution in [2.24, 2.45) is 17.8 Å². The molecule has 0 aromatic rings. The summed E-state index contributed by atoms with van der Waals surface area (Å²) in [6.07, 6.45) is 4.53. The van der Waals surface area contributed by atoms with Gasteiger partial charge in [-0.2, -0.15) is 0 Å². The molecular formula is C16H24N2O5. The number of hydrogen-bond acceptors (Lipinski definition) is 5. The highest BCUT2D eigenvalue weighted by Gasteiger charge is 2.41. The molecule has 2 aliphatic carbocycles. The van der Waals surface area contributed by atoms with Crippen molar-refractivity contribution in [1.82, 2.24) is 10.6 Å². The smallest absolute Gasteiger partial charge is 0.321 e. The van der Waals surface area contributed by atoms with Crippen LogP contribution >= 0.6 is 0 Å². The molecule has 2 N–H and O–H groups in total. The molecule has 0 saturated heterocycles. The summed E-state index contributed by atoms with van der Waals surface area (Å²) in [6, 6.07) is -0.592. The minimum absolute atomic E-state index is 0.0336. The Bertz CT molecular complexity index is 475. The minimum Gasteiger partial charge on any atom is -0.455 e. The third-order valence-corrected chi connectivity index (χ3v) is 4.52. The zero-order valence-corrected chi connectivity index (χ0v) is 13.4. The normalized spacial score (nSPS) is 26.3. The van der Waals surface area contributed by atoms with E-state index in [1.165, 1.54) is 0 Å². The van der Waals surface area contributed by atoms with Crippen molar-refractivity contribution in [3.05, 3.63) is 0 Å². The number of amides is 3. The van der Waals surface area contributed by atoms with Crippen LogP contribution < -0.4 is 10.6 Å². The van der Waals surface area contributed by atoms with Crippen molar-refractivity contribution >= 4 is 23.7 Å². The van der Waals surface area contributed by atoms with Crippen LogP contribution in [0.25, 0.3) is 0 Å². The Morgan fingerprint density at radius 3 is 2.43 bits per heavy atom. The van der Waals surface area contributed by atoms with E-state index in [1.54, 1.807) is 0 Å². The third kappa shape index (κ3) is 4.77. The van der Waals surface area contributed by atoms with E-state index in [0.717, 1.165) is 25.7 Å². The molecule has 0 aromatic heterocycles. The zero-order chi connectivity index (χ0) is 16.8. The molecule has 0 spiro atoms.